The number of nitrogens with zero attached hydrogens (tertiary/aromatic N) is 1. The molecule has 1 N–H and O–H groups in total. The number of halogens is 1. The van der Waals surface area contributed by atoms with Gasteiger partial charge in [0.2, 0.25) is 0 Å². The van der Waals surface area contributed by atoms with Crippen LogP contribution >= 0.6 is 0 Å². The second-order valence-electron chi connectivity index (χ2n) is 9.38. The Kier molecular flexibility index (Phi) is 8.63. The van der Waals surface area contributed by atoms with Gasteiger partial charge in [-0.2, -0.15) is 0 Å². The second kappa shape index (κ2) is 11.6. The predicted molar refractivity (Wildman–Crippen MR) is 137 cm³/mol. The molecule has 3 aromatic carbocycles. The van der Waals surface area contributed by atoms with E-state index in [1.807, 2.05) is 42.5 Å². The Bertz CT molecular complexity index is 1110. The molecular formula is C29H33FN2O3. The smallest absolute Gasteiger partial charge is 0.408 e. The van der Waals surface area contributed by atoms with Crippen molar-refractivity contribution in [3.63, 3.8) is 0 Å². The molecule has 184 valence electrons. The topological polar surface area (TPSA) is 58.6 Å². The van der Waals surface area contributed by atoms with Crippen molar-refractivity contribution in [1.29, 1.82) is 0 Å². The van der Waals surface area contributed by atoms with E-state index in [2.05, 4.69) is 12.2 Å². The molecule has 0 aliphatic rings. The number of benzene rings is 3. The van der Waals surface area contributed by atoms with Gasteiger partial charge in [0.25, 0.3) is 5.91 Å². The van der Waals surface area contributed by atoms with Crippen LogP contribution in [-0.2, 0) is 22.4 Å². The normalized spacial score (nSPS) is 12.0. The van der Waals surface area contributed by atoms with E-state index in [-0.39, 0.29) is 11.7 Å². The quantitative estimate of drug-likeness (QED) is 0.419. The van der Waals surface area contributed by atoms with Crippen LogP contribution in [-0.4, -0.2) is 24.1 Å². The van der Waals surface area contributed by atoms with Crippen LogP contribution in [0.15, 0.2) is 78.9 Å². The van der Waals surface area contributed by atoms with Crippen molar-refractivity contribution >= 4 is 17.7 Å². The van der Waals surface area contributed by atoms with Crippen LogP contribution in [0.1, 0.15) is 50.4 Å². The van der Waals surface area contributed by atoms with Gasteiger partial charge in [0.1, 0.15) is 17.5 Å². The van der Waals surface area contributed by atoms with Gasteiger partial charge < -0.3 is 15.0 Å². The molecule has 5 nitrogen and oxygen atoms in total. The first-order valence-electron chi connectivity index (χ1n) is 11.9. The third kappa shape index (κ3) is 7.67. The second-order valence-corrected chi connectivity index (χ2v) is 9.38. The molecule has 0 bridgehead atoms. The molecule has 3 aromatic rings. The molecule has 0 radical (unpaired) electrons. The first kappa shape index (κ1) is 25.9. The lowest BCUT2D eigenvalue weighted by Gasteiger charge is -2.29. The van der Waals surface area contributed by atoms with Crippen LogP contribution in [0.4, 0.5) is 14.9 Å². The lowest BCUT2D eigenvalue weighted by atomic mass is 10.0. The number of hydrogen-bond acceptors (Lipinski definition) is 3. The number of nitrogens with one attached hydrogen (secondary N) is 1. The van der Waals surface area contributed by atoms with Crippen LogP contribution in [0.3, 0.4) is 0 Å². The number of carbonyl (C=O) groups is 2. The van der Waals surface area contributed by atoms with Crippen LogP contribution in [0.5, 0.6) is 0 Å². The zero-order chi connectivity index (χ0) is 25.4. The average Bonchev–Trinajstić information content (AvgIpc) is 2.83. The summed E-state index contributed by atoms with van der Waals surface area (Å²) in [6.45, 7) is 7.75. The van der Waals surface area contributed by atoms with Crippen LogP contribution in [0, 0.1) is 5.82 Å². The molecule has 0 saturated heterocycles. The molecule has 35 heavy (non-hydrogen) atoms. The molecule has 3 rings (SSSR count). The minimum Gasteiger partial charge on any atom is -0.444 e. The van der Waals surface area contributed by atoms with Crippen molar-refractivity contribution < 1.29 is 18.7 Å². The van der Waals surface area contributed by atoms with Crippen molar-refractivity contribution in [3.05, 3.63) is 101 Å². The fourth-order valence-electron chi connectivity index (χ4n) is 3.68. The monoisotopic (exact) mass is 476 g/mol. The van der Waals surface area contributed by atoms with E-state index in [1.54, 1.807) is 49.9 Å². The summed E-state index contributed by atoms with van der Waals surface area (Å²) in [7, 11) is 0. The minimum absolute atomic E-state index is 0.284. The highest BCUT2D eigenvalue weighted by Gasteiger charge is 2.30. The van der Waals surface area contributed by atoms with E-state index < -0.39 is 17.7 Å². The fraction of sp³-hybridized carbons (Fsp3) is 0.310. The zero-order valence-electron chi connectivity index (χ0n) is 20.8. The lowest BCUT2D eigenvalue weighted by molar-refractivity contribution is -0.120. The maximum atomic E-state index is 14.0. The van der Waals surface area contributed by atoms with Crippen molar-refractivity contribution in [2.24, 2.45) is 0 Å². The Labute approximate surface area is 206 Å². The van der Waals surface area contributed by atoms with Crippen molar-refractivity contribution in [1.82, 2.24) is 5.32 Å². The first-order chi connectivity index (χ1) is 16.7. The van der Waals surface area contributed by atoms with Gasteiger partial charge in [-0.3, -0.25) is 4.79 Å². The third-order valence-corrected chi connectivity index (χ3v) is 5.50. The number of aryl methyl sites for hydroxylation is 1. The zero-order valence-corrected chi connectivity index (χ0v) is 20.8. The van der Waals surface area contributed by atoms with E-state index in [0.29, 0.717) is 18.5 Å². The van der Waals surface area contributed by atoms with Crippen LogP contribution < -0.4 is 10.2 Å². The highest BCUT2D eigenvalue weighted by Crippen LogP contribution is 2.24. The van der Waals surface area contributed by atoms with Gasteiger partial charge in [0.05, 0.1) is 0 Å². The molecule has 0 spiro atoms. The van der Waals surface area contributed by atoms with Gasteiger partial charge in [-0.25, -0.2) is 9.18 Å². The van der Waals surface area contributed by atoms with Gasteiger partial charge in [0, 0.05) is 12.2 Å². The highest BCUT2D eigenvalue weighted by molar-refractivity contribution is 5.99. The molecule has 0 aromatic heterocycles. The van der Waals surface area contributed by atoms with Gasteiger partial charge in [-0.1, -0.05) is 61.5 Å². The standard InChI is InChI=1S/C29H33FN2O3/c1-5-21-13-17-25(18-14-21)32(20-19-22-11-15-24(30)16-12-22)27(33)26(23-9-7-6-8-10-23)31-28(34)35-29(2,3)4/h6-18,26H,5,19-20H2,1-4H3,(H,31,34). The molecule has 2 amide bonds. The number of ether oxygens (including phenoxy) is 1. The van der Waals surface area contributed by atoms with Crippen molar-refractivity contribution in [2.45, 2.75) is 52.2 Å². The molecule has 0 saturated carbocycles. The summed E-state index contributed by atoms with van der Waals surface area (Å²) >= 11 is 0. The van der Waals surface area contributed by atoms with Gasteiger partial charge in [0.15, 0.2) is 0 Å². The molecular weight excluding hydrogens is 443 g/mol. The molecule has 0 aliphatic heterocycles. The maximum absolute atomic E-state index is 14.0. The van der Waals surface area contributed by atoms with E-state index in [0.717, 1.165) is 23.2 Å². The first-order valence-corrected chi connectivity index (χ1v) is 11.9. The van der Waals surface area contributed by atoms with Gasteiger partial charge in [-0.15, -0.1) is 0 Å². The van der Waals surface area contributed by atoms with Crippen LogP contribution in [0.2, 0.25) is 0 Å². The summed E-state index contributed by atoms with van der Waals surface area (Å²) in [5.74, 6) is -0.587. The number of carbonyl (C=O) groups excluding carboxylic acids is 2. The largest absolute Gasteiger partial charge is 0.444 e. The lowest BCUT2D eigenvalue weighted by Crippen LogP contribution is -2.45. The number of rotatable bonds is 8. The molecule has 0 heterocycles. The Morgan fingerprint density at radius 3 is 2.09 bits per heavy atom. The number of anilines is 1. The SMILES string of the molecule is CCc1ccc(N(CCc2ccc(F)cc2)C(=O)C(NC(=O)OC(C)(C)C)c2ccccc2)cc1. The summed E-state index contributed by atoms with van der Waals surface area (Å²) < 4.78 is 18.8. The van der Waals surface area contributed by atoms with Crippen molar-refractivity contribution in [2.75, 3.05) is 11.4 Å². The highest BCUT2D eigenvalue weighted by atomic mass is 19.1. The summed E-state index contributed by atoms with van der Waals surface area (Å²) in [5, 5.41) is 2.77. The predicted octanol–water partition coefficient (Wildman–Crippen LogP) is 6.23. The molecule has 0 aliphatic carbocycles. The van der Waals surface area contributed by atoms with Gasteiger partial charge in [-0.05, 0) is 74.6 Å². The van der Waals surface area contributed by atoms with E-state index in [9.17, 15) is 14.0 Å². The fourth-order valence-corrected chi connectivity index (χ4v) is 3.68. The van der Waals surface area contributed by atoms with E-state index >= 15 is 0 Å². The maximum Gasteiger partial charge on any atom is 0.408 e. The van der Waals surface area contributed by atoms with Crippen LogP contribution in [0.25, 0.3) is 0 Å². The number of alkyl carbamates (subject to hydrolysis) is 1. The Morgan fingerprint density at radius 1 is 0.914 bits per heavy atom. The molecule has 1 atom stereocenters. The van der Waals surface area contributed by atoms with Crippen molar-refractivity contribution in [3.8, 4) is 0 Å². The molecule has 0 fully saturated rings. The molecule has 1 unspecified atom stereocenters. The summed E-state index contributed by atoms with van der Waals surface area (Å²) in [6, 6.07) is 22.2. The third-order valence-electron chi connectivity index (χ3n) is 5.50. The summed E-state index contributed by atoms with van der Waals surface area (Å²) in [6.07, 6.45) is 0.742. The number of amides is 2. The summed E-state index contributed by atoms with van der Waals surface area (Å²) in [4.78, 5) is 28.3. The van der Waals surface area contributed by atoms with E-state index in [1.165, 1.54) is 12.1 Å². The Morgan fingerprint density at radius 2 is 1.51 bits per heavy atom. The van der Waals surface area contributed by atoms with E-state index in [4.69, 9.17) is 4.74 Å². The average molecular weight is 477 g/mol. The summed E-state index contributed by atoms with van der Waals surface area (Å²) in [5.41, 5.74) is 2.74. The Balaban J connectivity index is 1.93. The van der Waals surface area contributed by atoms with Gasteiger partial charge >= 0.3 is 6.09 Å². The molecule has 6 heteroatoms. The Hall–Kier alpha value is -3.67. The number of hydrogen-bond donors (Lipinski definition) is 1. The minimum atomic E-state index is -0.940.